The number of carbonyl (C=O) groups excluding carboxylic acids is 2. The first-order valence-electron chi connectivity index (χ1n) is 8.92. The zero-order valence-electron chi connectivity index (χ0n) is 15.2. The molecule has 0 bridgehead atoms. The van der Waals surface area contributed by atoms with E-state index >= 15 is 0 Å². The Morgan fingerprint density at radius 1 is 0.793 bits per heavy atom. The van der Waals surface area contributed by atoms with Crippen molar-refractivity contribution < 1.29 is 9.59 Å². The van der Waals surface area contributed by atoms with Crippen LogP contribution >= 0.6 is 15.9 Å². The van der Waals surface area contributed by atoms with Crippen molar-refractivity contribution >= 4 is 61.2 Å². The third kappa shape index (κ3) is 4.17. The average molecular weight is 446 g/mol. The first-order chi connectivity index (χ1) is 14.1. The third-order valence-electron chi connectivity index (χ3n) is 4.48. The quantitative estimate of drug-likeness (QED) is 0.205. The van der Waals surface area contributed by atoms with E-state index in [0.717, 1.165) is 31.6 Å². The van der Waals surface area contributed by atoms with Crippen LogP contribution in [-0.2, 0) is 9.59 Å². The Bertz CT molecular complexity index is 1200. The van der Waals surface area contributed by atoms with Gasteiger partial charge < -0.3 is 5.32 Å². The second-order valence-electron chi connectivity index (χ2n) is 6.39. The first-order valence-corrected chi connectivity index (χ1v) is 9.71. The molecule has 0 atom stereocenters. The van der Waals surface area contributed by atoms with E-state index in [1.54, 1.807) is 30.5 Å². The number of carbonyl (C=O) groups is 2. The Balaban J connectivity index is 1.55. The van der Waals surface area contributed by atoms with Crippen LogP contribution in [0.2, 0.25) is 0 Å². The second kappa shape index (κ2) is 8.24. The summed E-state index contributed by atoms with van der Waals surface area (Å²) in [5, 5.41) is 10.7. The molecule has 29 heavy (non-hydrogen) atoms. The van der Waals surface area contributed by atoms with Gasteiger partial charge in [-0.1, -0.05) is 64.5 Å². The van der Waals surface area contributed by atoms with Crippen LogP contribution in [0, 0.1) is 0 Å². The fourth-order valence-corrected chi connectivity index (χ4v) is 3.38. The molecule has 5 nitrogen and oxygen atoms in total. The minimum atomic E-state index is -0.839. The number of halogens is 1. The van der Waals surface area contributed by atoms with E-state index < -0.39 is 11.8 Å². The van der Waals surface area contributed by atoms with E-state index in [1.807, 2.05) is 48.5 Å². The molecule has 2 N–H and O–H groups in total. The first kappa shape index (κ1) is 18.8. The van der Waals surface area contributed by atoms with Crippen LogP contribution in [0.4, 0.5) is 5.69 Å². The van der Waals surface area contributed by atoms with E-state index in [1.165, 1.54) is 0 Å². The van der Waals surface area contributed by atoms with Crippen LogP contribution in [-0.4, -0.2) is 18.0 Å². The minimum Gasteiger partial charge on any atom is -0.318 e. The van der Waals surface area contributed by atoms with E-state index in [2.05, 4.69) is 37.8 Å². The maximum absolute atomic E-state index is 12.1. The lowest BCUT2D eigenvalue weighted by Gasteiger charge is -2.08. The highest BCUT2D eigenvalue weighted by molar-refractivity contribution is 9.10. The number of nitrogens with zero attached hydrogens (tertiary/aromatic N) is 1. The van der Waals surface area contributed by atoms with Crippen LogP contribution < -0.4 is 10.7 Å². The summed E-state index contributed by atoms with van der Waals surface area (Å²) in [6, 6.07) is 25.0. The molecule has 0 aliphatic carbocycles. The molecular weight excluding hydrogens is 430 g/mol. The standard InChI is InChI=1S/C23H16BrN3O2/c24-17-9-11-18(12-10-17)26-22(28)23(29)27-25-14-21-19-7-3-1-5-15(19)13-16-6-2-4-8-20(16)21/h1-14H,(H,26,28)(H,27,29). The molecule has 142 valence electrons. The fourth-order valence-electron chi connectivity index (χ4n) is 3.12. The van der Waals surface area contributed by atoms with Crippen LogP contribution in [0.15, 0.2) is 88.4 Å². The Morgan fingerprint density at radius 2 is 1.38 bits per heavy atom. The molecular formula is C23H16BrN3O2. The predicted octanol–water partition coefficient (Wildman–Crippen LogP) is 4.84. The van der Waals surface area contributed by atoms with Gasteiger partial charge in [-0.3, -0.25) is 9.59 Å². The summed E-state index contributed by atoms with van der Waals surface area (Å²) < 4.78 is 0.881. The van der Waals surface area contributed by atoms with Crippen molar-refractivity contribution in [2.75, 3.05) is 5.32 Å². The molecule has 6 heteroatoms. The van der Waals surface area contributed by atoms with E-state index in [9.17, 15) is 9.59 Å². The van der Waals surface area contributed by atoms with Gasteiger partial charge in [0.25, 0.3) is 0 Å². The van der Waals surface area contributed by atoms with Crippen LogP contribution in [0.5, 0.6) is 0 Å². The molecule has 0 aliphatic heterocycles. The van der Waals surface area contributed by atoms with Gasteiger partial charge in [0, 0.05) is 15.7 Å². The van der Waals surface area contributed by atoms with Gasteiger partial charge in [-0.2, -0.15) is 5.10 Å². The summed E-state index contributed by atoms with van der Waals surface area (Å²) in [4.78, 5) is 24.1. The molecule has 0 fully saturated rings. The number of amides is 2. The summed E-state index contributed by atoms with van der Waals surface area (Å²) >= 11 is 3.32. The SMILES string of the molecule is O=C(NN=Cc1c2ccccc2cc2ccccc12)C(=O)Nc1ccc(Br)cc1. The normalized spacial score (nSPS) is 11.1. The van der Waals surface area contributed by atoms with Crippen molar-refractivity contribution in [3.8, 4) is 0 Å². The van der Waals surface area contributed by atoms with Gasteiger partial charge in [-0.25, -0.2) is 5.43 Å². The number of hydrazone groups is 1. The largest absolute Gasteiger partial charge is 0.329 e. The zero-order chi connectivity index (χ0) is 20.2. The van der Waals surface area contributed by atoms with Crippen molar-refractivity contribution in [2.45, 2.75) is 0 Å². The van der Waals surface area contributed by atoms with Gasteiger partial charge in [-0.15, -0.1) is 0 Å². The number of hydrogen-bond acceptors (Lipinski definition) is 3. The van der Waals surface area contributed by atoms with Gasteiger partial charge >= 0.3 is 11.8 Å². The lowest BCUT2D eigenvalue weighted by Crippen LogP contribution is -2.32. The molecule has 0 saturated carbocycles. The molecule has 4 aromatic rings. The molecule has 0 aliphatic rings. The van der Waals surface area contributed by atoms with Crippen molar-refractivity contribution in [2.24, 2.45) is 5.10 Å². The van der Waals surface area contributed by atoms with Crippen LogP contribution in [0.3, 0.4) is 0 Å². The van der Waals surface area contributed by atoms with E-state index in [-0.39, 0.29) is 0 Å². The topological polar surface area (TPSA) is 70.6 Å². The number of benzene rings is 4. The van der Waals surface area contributed by atoms with Gasteiger partial charge in [0.1, 0.15) is 0 Å². The van der Waals surface area contributed by atoms with Crippen LogP contribution in [0.1, 0.15) is 5.56 Å². The number of anilines is 1. The molecule has 0 unspecified atom stereocenters. The summed E-state index contributed by atoms with van der Waals surface area (Å²) in [6.45, 7) is 0. The molecule has 2 amide bonds. The number of rotatable bonds is 3. The van der Waals surface area contributed by atoms with Gasteiger partial charge in [0.2, 0.25) is 0 Å². The molecule has 0 spiro atoms. The smallest absolute Gasteiger partial charge is 0.318 e. The maximum atomic E-state index is 12.1. The average Bonchev–Trinajstić information content (AvgIpc) is 2.74. The molecule has 0 heterocycles. The predicted molar refractivity (Wildman–Crippen MR) is 120 cm³/mol. The molecule has 0 radical (unpaired) electrons. The second-order valence-corrected chi connectivity index (χ2v) is 7.31. The van der Waals surface area contributed by atoms with Crippen molar-refractivity contribution in [3.63, 3.8) is 0 Å². The highest BCUT2D eigenvalue weighted by atomic mass is 79.9. The van der Waals surface area contributed by atoms with Crippen molar-refractivity contribution in [3.05, 3.63) is 88.9 Å². The number of fused-ring (bicyclic) bond motifs is 2. The van der Waals surface area contributed by atoms with E-state index in [0.29, 0.717) is 5.69 Å². The van der Waals surface area contributed by atoms with E-state index in [4.69, 9.17) is 0 Å². The summed E-state index contributed by atoms with van der Waals surface area (Å²) in [7, 11) is 0. The number of nitrogens with one attached hydrogen (secondary N) is 2. The van der Waals surface area contributed by atoms with Crippen molar-refractivity contribution in [1.82, 2.24) is 5.43 Å². The van der Waals surface area contributed by atoms with Gasteiger partial charge in [-0.05, 0) is 51.9 Å². The highest BCUT2D eigenvalue weighted by Gasteiger charge is 2.13. The fraction of sp³-hybridized carbons (Fsp3) is 0. The Labute approximate surface area is 175 Å². The summed E-state index contributed by atoms with van der Waals surface area (Å²) in [5.41, 5.74) is 3.71. The van der Waals surface area contributed by atoms with Gasteiger partial charge in [0.15, 0.2) is 0 Å². The monoisotopic (exact) mass is 445 g/mol. The molecule has 4 aromatic carbocycles. The lowest BCUT2D eigenvalue weighted by molar-refractivity contribution is -0.136. The molecule has 0 saturated heterocycles. The van der Waals surface area contributed by atoms with Crippen LogP contribution in [0.25, 0.3) is 21.5 Å². The Hall–Kier alpha value is -3.51. The summed E-state index contributed by atoms with van der Waals surface area (Å²) in [5.74, 6) is -1.62. The molecule has 4 rings (SSSR count). The third-order valence-corrected chi connectivity index (χ3v) is 5.01. The minimum absolute atomic E-state index is 0.525. The summed E-state index contributed by atoms with van der Waals surface area (Å²) in [6.07, 6.45) is 1.58. The molecule has 0 aromatic heterocycles. The lowest BCUT2D eigenvalue weighted by atomic mass is 9.97. The number of hydrogen-bond donors (Lipinski definition) is 2. The highest BCUT2D eigenvalue weighted by Crippen LogP contribution is 2.27. The van der Waals surface area contributed by atoms with Gasteiger partial charge in [0.05, 0.1) is 6.21 Å². The van der Waals surface area contributed by atoms with Crippen molar-refractivity contribution in [1.29, 1.82) is 0 Å². The Morgan fingerprint density at radius 3 is 2.00 bits per heavy atom. The zero-order valence-corrected chi connectivity index (χ0v) is 16.8. The maximum Gasteiger partial charge on any atom is 0.329 e. The Kier molecular flexibility index (Phi) is 5.35.